The summed E-state index contributed by atoms with van der Waals surface area (Å²) < 4.78 is 50.9. The number of hydrogen-bond acceptors (Lipinski definition) is 5. The number of rotatable bonds is 7. The lowest BCUT2D eigenvalue weighted by molar-refractivity contribution is -0.137. The number of primary amides is 1. The highest BCUT2D eigenvalue weighted by molar-refractivity contribution is 6.06. The van der Waals surface area contributed by atoms with E-state index in [1.54, 1.807) is 12.1 Å². The quantitative estimate of drug-likeness (QED) is 0.516. The van der Waals surface area contributed by atoms with Gasteiger partial charge in [0.2, 0.25) is 0 Å². The van der Waals surface area contributed by atoms with Crippen molar-refractivity contribution in [3.05, 3.63) is 77.6 Å². The summed E-state index contributed by atoms with van der Waals surface area (Å²) >= 11 is 0. The smallest absolute Gasteiger partial charge is 0.416 e. The average Bonchev–Trinajstić information content (AvgIpc) is 2.74. The molecule has 0 aliphatic heterocycles. The summed E-state index contributed by atoms with van der Waals surface area (Å²) in [5.74, 6) is -1.08. The Labute approximate surface area is 187 Å². The van der Waals surface area contributed by atoms with Gasteiger partial charge in [0.1, 0.15) is 22.9 Å². The second-order valence-corrected chi connectivity index (χ2v) is 7.20. The van der Waals surface area contributed by atoms with E-state index in [0.29, 0.717) is 5.75 Å². The fourth-order valence-corrected chi connectivity index (χ4v) is 2.80. The van der Waals surface area contributed by atoms with E-state index < -0.39 is 23.6 Å². The molecular formula is C23H20F3N3O4. The van der Waals surface area contributed by atoms with E-state index >= 15 is 0 Å². The SMILES string of the molecule is CC(C)Oc1ccc(Oc2cc(C(F)(F)F)ccc2C(=O)Nc2ccnc(C(N)=O)c2)cc1. The molecule has 2 aromatic carbocycles. The molecular weight excluding hydrogens is 439 g/mol. The summed E-state index contributed by atoms with van der Waals surface area (Å²) in [5.41, 5.74) is 4.15. The van der Waals surface area contributed by atoms with Crippen LogP contribution in [0.25, 0.3) is 0 Å². The summed E-state index contributed by atoms with van der Waals surface area (Å²) in [6.45, 7) is 3.71. The molecule has 0 radical (unpaired) electrons. The number of nitrogens with one attached hydrogen (secondary N) is 1. The van der Waals surface area contributed by atoms with Crippen molar-refractivity contribution >= 4 is 17.5 Å². The number of amides is 2. The molecule has 0 aliphatic carbocycles. The van der Waals surface area contributed by atoms with Gasteiger partial charge >= 0.3 is 6.18 Å². The number of nitrogens with two attached hydrogens (primary N) is 1. The molecule has 3 rings (SSSR count). The van der Waals surface area contributed by atoms with Gasteiger partial charge < -0.3 is 20.5 Å². The number of benzene rings is 2. The average molecular weight is 459 g/mol. The Hall–Kier alpha value is -4.08. The fourth-order valence-electron chi connectivity index (χ4n) is 2.80. The first kappa shape index (κ1) is 23.6. The molecule has 172 valence electrons. The molecule has 33 heavy (non-hydrogen) atoms. The maximum Gasteiger partial charge on any atom is 0.416 e. The van der Waals surface area contributed by atoms with Crippen LogP contribution in [0.1, 0.15) is 40.3 Å². The van der Waals surface area contributed by atoms with Gasteiger partial charge in [0, 0.05) is 11.9 Å². The van der Waals surface area contributed by atoms with Crippen LogP contribution in [0.3, 0.4) is 0 Å². The molecule has 3 aromatic rings. The Bertz CT molecular complexity index is 1160. The van der Waals surface area contributed by atoms with Crippen LogP contribution in [-0.4, -0.2) is 22.9 Å². The lowest BCUT2D eigenvalue weighted by Crippen LogP contribution is -2.16. The van der Waals surface area contributed by atoms with Gasteiger partial charge in [-0.1, -0.05) is 0 Å². The van der Waals surface area contributed by atoms with E-state index in [1.807, 2.05) is 13.8 Å². The number of carbonyl (C=O) groups excluding carboxylic acids is 2. The number of nitrogens with zero attached hydrogens (tertiary/aromatic N) is 1. The third-order valence-electron chi connectivity index (χ3n) is 4.25. The van der Waals surface area contributed by atoms with E-state index in [2.05, 4.69) is 10.3 Å². The minimum Gasteiger partial charge on any atom is -0.491 e. The predicted octanol–water partition coefficient (Wildman–Crippen LogP) is 5.03. The minimum absolute atomic E-state index is 0.0567. The van der Waals surface area contributed by atoms with Crippen LogP contribution in [0.2, 0.25) is 0 Å². The molecule has 0 atom stereocenters. The first-order chi connectivity index (χ1) is 15.5. The van der Waals surface area contributed by atoms with Crippen molar-refractivity contribution < 1.29 is 32.2 Å². The van der Waals surface area contributed by atoms with Gasteiger partial charge in [-0.25, -0.2) is 0 Å². The summed E-state index contributed by atoms with van der Waals surface area (Å²) in [6, 6.07) is 11.4. The van der Waals surface area contributed by atoms with Gasteiger partial charge in [-0.2, -0.15) is 13.2 Å². The van der Waals surface area contributed by atoms with E-state index in [4.69, 9.17) is 15.2 Å². The molecule has 0 aliphatic rings. The molecule has 10 heteroatoms. The maximum absolute atomic E-state index is 13.3. The Balaban J connectivity index is 1.91. The van der Waals surface area contributed by atoms with Gasteiger partial charge in [0.15, 0.2) is 0 Å². The molecule has 1 heterocycles. The molecule has 0 saturated carbocycles. The van der Waals surface area contributed by atoms with Crippen molar-refractivity contribution in [1.82, 2.24) is 4.98 Å². The van der Waals surface area contributed by atoms with Crippen LogP contribution >= 0.6 is 0 Å². The minimum atomic E-state index is -4.64. The second kappa shape index (κ2) is 9.60. The topological polar surface area (TPSA) is 104 Å². The summed E-state index contributed by atoms with van der Waals surface area (Å²) in [6.07, 6.45) is -3.43. The van der Waals surface area contributed by atoms with Gasteiger partial charge in [0.25, 0.3) is 11.8 Å². The number of halogens is 3. The van der Waals surface area contributed by atoms with Crippen molar-refractivity contribution in [2.75, 3.05) is 5.32 Å². The Morgan fingerprint density at radius 3 is 2.27 bits per heavy atom. The molecule has 3 N–H and O–H groups in total. The number of aromatic nitrogens is 1. The third kappa shape index (κ3) is 6.22. The summed E-state index contributed by atoms with van der Waals surface area (Å²) in [4.78, 5) is 27.9. The van der Waals surface area contributed by atoms with Crippen LogP contribution in [0.15, 0.2) is 60.8 Å². The highest BCUT2D eigenvalue weighted by Crippen LogP contribution is 2.35. The summed E-state index contributed by atoms with van der Waals surface area (Å²) in [5, 5.41) is 2.50. The van der Waals surface area contributed by atoms with Crippen molar-refractivity contribution in [3.63, 3.8) is 0 Å². The van der Waals surface area contributed by atoms with Crippen molar-refractivity contribution in [2.45, 2.75) is 26.1 Å². The first-order valence-corrected chi connectivity index (χ1v) is 9.76. The van der Waals surface area contributed by atoms with Crippen LogP contribution in [0.4, 0.5) is 18.9 Å². The van der Waals surface area contributed by atoms with E-state index in [0.717, 1.165) is 18.2 Å². The number of carbonyl (C=O) groups is 2. The standard InChI is InChI=1S/C23H20F3N3O4/c1-13(2)32-16-4-6-17(7-5-16)33-20-11-14(23(24,25)26)3-8-18(20)22(31)29-15-9-10-28-19(12-15)21(27)30/h3-13H,1-2H3,(H2,27,30)(H,28,29,31). The second-order valence-electron chi connectivity index (χ2n) is 7.20. The number of hydrogen-bond donors (Lipinski definition) is 2. The molecule has 0 fully saturated rings. The number of anilines is 1. The molecule has 7 nitrogen and oxygen atoms in total. The zero-order valence-corrected chi connectivity index (χ0v) is 17.6. The molecule has 2 amide bonds. The van der Waals surface area contributed by atoms with Gasteiger partial charge in [0.05, 0.1) is 17.2 Å². The lowest BCUT2D eigenvalue weighted by Gasteiger charge is -2.15. The fraction of sp³-hybridized carbons (Fsp3) is 0.174. The number of ether oxygens (including phenoxy) is 2. The Kier molecular flexibility index (Phi) is 6.86. The van der Waals surface area contributed by atoms with E-state index in [9.17, 15) is 22.8 Å². The van der Waals surface area contributed by atoms with Crippen LogP contribution in [0.5, 0.6) is 17.2 Å². The lowest BCUT2D eigenvalue weighted by atomic mass is 10.1. The Morgan fingerprint density at radius 1 is 1.00 bits per heavy atom. The highest BCUT2D eigenvalue weighted by atomic mass is 19.4. The molecule has 0 saturated heterocycles. The zero-order chi connectivity index (χ0) is 24.2. The molecule has 0 bridgehead atoms. The highest BCUT2D eigenvalue weighted by Gasteiger charge is 2.32. The maximum atomic E-state index is 13.3. The monoisotopic (exact) mass is 459 g/mol. The summed E-state index contributed by atoms with van der Waals surface area (Å²) in [7, 11) is 0. The van der Waals surface area contributed by atoms with E-state index in [1.165, 1.54) is 30.5 Å². The molecule has 0 spiro atoms. The van der Waals surface area contributed by atoms with Crippen LogP contribution < -0.4 is 20.5 Å². The molecule has 1 aromatic heterocycles. The Morgan fingerprint density at radius 2 is 1.67 bits per heavy atom. The van der Waals surface area contributed by atoms with Gasteiger partial charge in [-0.3, -0.25) is 14.6 Å². The van der Waals surface area contributed by atoms with Crippen molar-refractivity contribution in [3.8, 4) is 17.2 Å². The van der Waals surface area contributed by atoms with Gasteiger partial charge in [-0.05, 0) is 68.4 Å². The van der Waals surface area contributed by atoms with Crippen LogP contribution in [-0.2, 0) is 6.18 Å². The zero-order valence-electron chi connectivity index (χ0n) is 17.6. The number of alkyl halides is 3. The van der Waals surface area contributed by atoms with E-state index in [-0.39, 0.29) is 34.5 Å². The van der Waals surface area contributed by atoms with Crippen molar-refractivity contribution in [1.29, 1.82) is 0 Å². The number of pyridine rings is 1. The largest absolute Gasteiger partial charge is 0.491 e. The predicted molar refractivity (Wildman–Crippen MR) is 114 cm³/mol. The van der Waals surface area contributed by atoms with Gasteiger partial charge in [-0.15, -0.1) is 0 Å². The normalized spacial score (nSPS) is 11.2. The van der Waals surface area contributed by atoms with Crippen molar-refractivity contribution in [2.24, 2.45) is 5.73 Å². The van der Waals surface area contributed by atoms with Crippen LogP contribution in [0, 0.1) is 0 Å². The third-order valence-corrected chi connectivity index (χ3v) is 4.25. The first-order valence-electron chi connectivity index (χ1n) is 9.76. The molecule has 0 unspecified atom stereocenters.